The first-order valence-electron chi connectivity index (χ1n) is 8.39. The van der Waals surface area contributed by atoms with Crippen LogP contribution in [0.25, 0.3) is 6.08 Å². The van der Waals surface area contributed by atoms with Gasteiger partial charge in [0.1, 0.15) is 16.5 Å². The van der Waals surface area contributed by atoms with Crippen LogP contribution >= 0.6 is 23.2 Å². The van der Waals surface area contributed by atoms with E-state index in [1.807, 2.05) is 0 Å². The number of nitrogens with one attached hydrogen (secondary N) is 2. The van der Waals surface area contributed by atoms with Crippen LogP contribution < -0.4 is 10.6 Å². The van der Waals surface area contributed by atoms with E-state index in [4.69, 9.17) is 23.2 Å². The van der Waals surface area contributed by atoms with E-state index < -0.39 is 17.6 Å². The van der Waals surface area contributed by atoms with E-state index in [1.54, 1.807) is 42.5 Å². The number of pyridine rings is 1. The average Bonchev–Trinajstić information content (AvgIpc) is 2.70. The molecule has 0 bridgehead atoms. The number of halogens is 3. The molecule has 5 nitrogen and oxygen atoms in total. The van der Waals surface area contributed by atoms with Crippen LogP contribution in [-0.2, 0) is 9.59 Å². The van der Waals surface area contributed by atoms with Crippen molar-refractivity contribution < 1.29 is 14.0 Å². The van der Waals surface area contributed by atoms with Gasteiger partial charge in [0.15, 0.2) is 0 Å². The molecule has 0 spiro atoms. The Hall–Kier alpha value is -3.22. The van der Waals surface area contributed by atoms with E-state index >= 15 is 0 Å². The van der Waals surface area contributed by atoms with Crippen LogP contribution in [-0.4, -0.2) is 16.8 Å². The van der Waals surface area contributed by atoms with E-state index in [1.165, 1.54) is 24.4 Å². The number of amides is 2. The van der Waals surface area contributed by atoms with Gasteiger partial charge in [-0.15, -0.1) is 0 Å². The summed E-state index contributed by atoms with van der Waals surface area (Å²) in [5, 5.41) is 5.16. The van der Waals surface area contributed by atoms with E-state index in [0.29, 0.717) is 11.3 Å². The van der Waals surface area contributed by atoms with Crippen molar-refractivity contribution in [1.29, 1.82) is 0 Å². The van der Waals surface area contributed by atoms with Crippen molar-refractivity contribution >= 4 is 52.5 Å². The Kier molecular flexibility index (Phi) is 6.59. The van der Waals surface area contributed by atoms with Crippen LogP contribution in [0.4, 0.5) is 15.8 Å². The summed E-state index contributed by atoms with van der Waals surface area (Å²) in [6, 6.07) is 15.6. The second-order valence-corrected chi connectivity index (χ2v) is 6.61. The summed E-state index contributed by atoms with van der Waals surface area (Å²) in [5.74, 6) is -1.99. The van der Waals surface area contributed by atoms with Crippen molar-refractivity contribution in [2.75, 3.05) is 10.6 Å². The van der Waals surface area contributed by atoms with Gasteiger partial charge >= 0.3 is 0 Å². The lowest BCUT2D eigenvalue weighted by atomic mass is 10.1. The Morgan fingerprint density at radius 1 is 0.897 bits per heavy atom. The maximum atomic E-state index is 13.4. The lowest BCUT2D eigenvalue weighted by Gasteiger charge is -2.11. The second kappa shape index (κ2) is 9.32. The predicted molar refractivity (Wildman–Crippen MR) is 112 cm³/mol. The van der Waals surface area contributed by atoms with Crippen LogP contribution in [0, 0.1) is 5.82 Å². The highest BCUT2D eigenvalue weighted by Gasteiger charge is 2.20. The Balaban J connectivity index is 1.93. The van der Waals surface area contributed by atoms with Crippen LogP contribution in [0.5, 0.6) is 0 Å². The minimum absolute atomic E-state index is 0.134. The lowest BCUT2D eigenvalue weighted by Crippen LogP contribution is -2.25. The molecule has 1 aromatic heterocycles. The first kappa shape index (κ1) is 20.5. The molecule has 2 N–H and O–H groups in total. The van der Waals surface area contributed by atoms with Gasteiger partial charge in [0.05, 0.1) is 5.02 Å². The summed E-state index contributed by atoms with van der Waals surface area (Å²) in [4.78, 5) is 29.5. The SMILES string of the molecule is O=C(Nc1ccccc1)C(=Cc1cccnc1Cl)C(=O)Nc1ccc(F)c(Cl)c1. The van der Waals surface area contributed by atoms with Crippen molar-refractivity contribution in [3.05, 3.63) is 94.0 Å². The number of benzene rings is 2. The molecule has 2 amide bonds. The molecular weight excluding hydrogens is 416 g/mol. The summed E-state index contributed by atoms with van der Waals surface area (Å²) >= 11 is 11.8. The molecule has 2 aromatic carbocycles. The molecule has 0 radical (unpaired) electrons. The predicted octanol–water partition coefficient (Wildman–Crippen LogP) is 5.19. The summed E-state index contributed by atoms with van der Waals surface area (Å²) < 4.78 is 13.4. The Morgan fingerprint density at radius 3 is 2.24 bits per heavy atom. The first-order valence-corrected chi connectivity index (χ1v) is 9.14. The highest BCUT2D eigenvalue weighted by molar-refractivity contribution is 6.33. The molecule has 146 valence electrons. The summed E-state index contributed by atoms with van der Waals surface area (Å²) in [6.45, 7) is 0. The molecule has 3 aromatic rings. The van der Waals surface area contributed by atoms with Crippen molar-refractivity contribution in [2.24, 2.45) is 0 Å². The van der Waals surface area contributed by atoms with Gasteiger partial charge in [-0.25, -0.2) is 9.37 Å². The smallest absolute Gasteiger partial charge is 0.261 e. The number of rotatable bonds is 5. The van der Waals surface area contributed by atoms with Gasteiger partial charge in [0.2, 0.25) is 0 Å². The van der Waals surface area contributed by atoms with Crippen LogP contribution in [0.15, 0.2) is 72.4 Å². The zero-order valence-electron chi connectivity index (χ0n) is 14.8. The molecule has 0 fully saturated rings. The Bertz CT molecular complexity index is 1090. The zero-order valence-corrected chi connectivity index (χ0v) is 16.3. The topological polar surface area (TPSA) is 71.1 Å². The molecule has 29 heavy (non-hydrogen) atoms. The molecule has 0 saturated carbocycles. The fourth-order valence-corrected chi connectivity index (χ4v) is 2.74. The minimum Gasteiger partial charge on any atom is -0.322 e. The van der Waals surface area contributed by atoms with Gasteiger partial charge in [-0.2, -0.15) is 0 Å². The normalized spacial score (nSPS) is 11.1. The van der Waals surface area contributed by atoms with Crippen molar-refractivity contribution in [1.82, 2.24) is 4.98 Å². The average molecular weight is 430 g/mol. The van der Waals surface area contributed by atoms with E-state index in [9.17, 15) is 14.0 Å². The molecule has 0 atom stereocenters. The number of aromatic nitrogens is 1. The third-order valence-corrected chi connectivity index (χ3v) is 4.39. The summed E-state index contributed by atoms with van der Waals surface area (Å²) in [6.07, 6.45) is 2.82. The number of hydrogen-bond donors (Lipinski definition) is 2. The zero-order chi connectivity index (χ0) is 20.8. The molecule has 0 saturated heterocycles. The lowest BCUT2D eigenvalue weighted by molar-refractivity contribution is -0.118. The Morgan fingerprint density at radius 2 is 1.59 bits per heavy atom. The van der Waals surface area contributed by atoms with Crippen LogP contribution in [0.1, 0.15) is 5.56 Å². The molecule has 1 heterocycles. The highest BCUT2D eigenvalue weighted by Crippen LogP contribution is 2.21. The second-order valence-electron chi connectivity index (χ2n) is 5.84. The van der Waals surface area contributed by atoms with E-state index in [0.717, 1.165) is 6.07 Å². The van der Waals surface area contributed by atoms with Gasteiger partial charge in [-0.1, -0.05) is 47.5 Å². The molecule has 0 aliphatic rings. The number of nitrogens with zero attached hydrogens (tertiary/aromatic N) is 1. The quantitative estimate of drug-likeness (QED) is 0.253. The maximum absolute atomic E-state index is 13.4. The summed E-state index contributed by atoms with van der Waals surface area (Å²) in [7, 11) is 0. The third-order valence-electron chi connectivity index (χ3n) is 3.79. The largest absolute Gasteiger partial charge is 0.322 e. The summed E-state index contributed by atoms with van der Waals surface area (Å²) in [5.41, 5.74) is 0.916. The highest BCUT2D eigenvalue weighted by atomic mass is 35.5. The number of carbonyl (C=O) groups excluding carboxylic acids is 2. The van der Waals surface area contributed by atoms with E-state index in [2.05, 4.69) is 15.6 Å². The maximum Gasteiger partial charge on any atom is 0.261 e. The Labute approximate surface area is 176 Å². The van der Waals surface area contributed by atoms with Crippen molar-refractivity contribution in [3.63, 3.8) is 0 Å². The number of hydrogen-bond acceptors (Lipinski definition) is 3. The monoisotopic (exact) mass is 429 g/mol. The molecular formula is C21H14Cl2FN3O2. The fraction of sp³-hybridized carbons (Fsp3) is 0. The molecule has 0 unspecified atom stereocenters. The van der Waals surface area contributed by atoms with Gasteiger partial charge in [0, 0.05) is 23.1 Å². The van der Waals surface area contributed by atoms with Gasteiger partial charge in [0.25, 0.3) is 11.8 Å². The minimum atomic E-state index is -0.721. The van der Waals surface area contributed by atoms with Crippen molar-refractivity contribution in [2.45, 2.75) is 0 Å². The first-order chi connectivity index (χ1) is 13.9. The molecule has 3 rings (SSSR count). The number of para-hydroxylation sites is 1. The van der Waals surface area contributed by atoms with E-state index in [-0.39, 0.29) is 21.4 Å². The standard InChI is InChI=1S/C21H14Cl2FN3O2/c22-17-12-15(8-9-18(17)24)27-21(29)16(11-13-5-4-10-25-19(13)23)20(28)26-14-6-2-1-3-7-14/h1-12H,(H,26,28)(H,27,29). The van der Waals surface area contributed by atoms with Crippen LogP contribution in [0.2, 0.25) is 10.2 Å². The van der Waals surface area contributed by atoms with Crippen molar-refractivity contribution in [3.8, 4) is 0 Å². The van der Waals surface area contributed by atoms with Gasteiger partial charge in [-0.3, -0.25) is 9.59 Å². The third kappa shape index (κ3) is 5.40. The molecule has 8 heteroatoms. The fourth-order valence-electron chi connectivity index (χ4n) is 2.39. The number of anilines is 2. The van der Waals surface area contributed by atoms with Gasteiger partial charge < -0.3 is 10.6 Å². The van der Waals surface area contributed by atoms with Crippen LogP contribution in [0.3, 0.4) is 0 Å². The number of carbonyl (C=O) groups is 2. The molecule has 0 aliphatic carbocycles. The molecule has 0 aliphatic heterocycles. The van der Waals surface area contributed by atoms with Gasteiger partial charge in [-0.05, 0) is 42.5 Å².